The number of nitrogens with zero attached hydrogens (tertiary/aromatic N) is 2. The molecule has 1 aromatic carbocycles. The summed E-state index contributed by atoms with van der Waals surface area (Å²) in [5.41, 5.74) is 2.11. The van der Waals surface area contributed by atoms with E-state index in [0.717, 1.165) is 35.9 Å². The molecule has 0 aliphatic carbocycles. The summed E-state index contributed by atoms with van der Waals surface area (Å²) in [5.74, 6) is 0.151. The molecule has 1 fully saturated rings. The van der Waals surface area contributed by atoms with Gasteiger partial charge in [0.2, 0.25) is 5.91 Å². The lowest BCUT2D eigenvalue weighted by Crippen LogP contribution is -2.31. The standard InChI is InChI=1S/C18H22N2O2/c1-20(18(21)12-16-6-2-3-10-22-16)13-14-7-8-17-15(11-14)5-4-9-19-17/h4-5,7-9,11,16H,2-3,6,10,12-13H2,1H3. The molecule has 1 unspecified atom stereocenters. The van der Waals surface area contributed by atoms with Gasteiger partial charge in [0.15, 0.2) is 0 Å². The Labute approximate surface area is 131 Å². The maximum atomic E-state index is 12.3. The summed E-state index contributed by atoms with van der Waals surface area (Å²) in [6, 6.07) is 10.1. The quantitative estimate of drug-likeness (QED) is 0.871. The maximum Gasteiger partial charge on any atom is 0.225 e. The van der Waals surface area contributed by atoms with Crippen molar-refractivity contribution in [1.29, 1.82) is 0 Å². The van der Waals surface area contributed by atoms with Crippen molar-refractivity contribution in [2.24, 2.45) is 0 Å². The van der Waals surface area contributed by atoms with E-state index in [-0.39, 0.29) is 12.0 Å². The zero-order chi connectivity index (χ0) is 15.4. The van der Waals surface area contributed by atoms with Crippen LogP contribution in [0, 0.1) is 0 Å². The molecular formula is C18H22N2O2. The molecular weight excluding hydrogens is 276 g/mol. The molecule has 0 radical (unpaired) electrons. The minimum absolute atomic E-state index is 0.101. The first kappa shape index (κ1) is 15.0. The van der Waals surface area contributed by atoms with Gasteiger partial charge in [-0.2, -0.15) is 0 Å². The average molecular weight is 298 g/mol. The molecule has 0 N–H and O–H groups in total. The summed E-state index contributed by atoms with van der Waals surface area (Å²) in [4.78, 5) is 18.4. The smallest absolute Gasteiger partial charge is 0.225 e. The van der Waals surface area contributed by atoms with Gasteiger partial charge >= 0.3 is 0 Å². The Hall–Kier alpha value is -1.94. The maximum absolute atomic E-state index is 12.3. The van der Waals surface area contributed by atoms with Gasteiger partial charge in [0.1, 0.15) is 0 Å². The Morgan fingerprint density at radius 1 is 1.36 bits per heavy atom. The fourth-order valence-corrected chi connectivity index (χ4v) is 2.90. The highest BCUT2D eigenvalue weighted by Crippen LogP contribution is 2.18. The van der Waals surface area contributed by atoms with E-state index < -0.39 is 0 Å². The first-order chi connectivity index (χ1) is 10.7. The molecule has 1 amide bonds. The van der Waals surface area contributed by atoms with Crippen molar-refractivity contribution < 1.29 is 9.53 Å². The van der Waals surface area contributed by atoms with Crippen molar-refractivity contribution in [2.45, 2.75) is 38.3 Å². The van der Waals surface area contributed by atoms with Crippen LogP contribution < -0.4 is 0 Å². The highest BCUT2D eigenvalue weighted by atomic mass is 16.5. The van der Waals surface area contributed by atoms with E-state index in [4.69, 9.17) is 4.74 Å². The third-order valence-corrected chi connectivity index (χ3v) is 4.19. The zero-order valence-corrected chi connectivity index (χ0v) is 13.0. The Morgan fingerprint density at radius 3 is 3.09 bits per heavy atom. The Balaban J connectivity index is 1.61. The topological polar surface area (TPSA) is 42.4 Å². The van der Waals surface area contributed by atoms with Gasteiger partial charge in [0.05, 0.1) is 18.0 Å². The highest BCUT2D eigenvalue weighted by molar-refractivity contribution is 5.79. The van der Waals surface area contributed by atoms with Crippen LogP contribution in [-0.2, 0) is 16.1 Å². The molecule has 1 aliphatic heterocycles. The molecule has 3 rings (SSSR count). The summed E-state index contributed by atoms with van der Waals surface area (Å²) < 4.78 is 5.65. The van der Waals surface area contributed by atoms with E-state index in [1.54, 1.807) is 11.1 Å². The van der Waals surface area contributed by atoms with Crippen molar-refractivity contribution in [1.82, 2.24) is 9.88 Å². The monoisotopic (exact) mass is 298 g/mol. The largest absolute Gasteiger partial charge is 0.378 e. The van der Waals surface area contributed by atoms with E-state index in [2.05, 4.69) is 11.1 Å². The van der Waals surface area contributed by atoms with Crippen LogP contribution in [0.25, 0.3) is 10.9 Å². The number of hydrogen-bond acceptors (Lipinski definition) is 3. The molecule has 0 bridgehead atoms. The highest BCUT2D eigenvalue weighted by Gasteiger charge is 2.20. The van der Waals surface area contributed by atoms with Gasteiger partial charge in [-0.15, -0.1) is 0 Å². The number of fused-ring (bicyclic) bond motifs is 1. The SMILES string of the molecule is CN(Cc1ccc2ncccc2c1)C(=O)CC1CCCCO1. The van der Waals surface area contributed by atoms with Crippen molar-refractivity contribution in [3.8, 4) is 0 Å². The van der Waals surface area contributed by atoms with Gasteiger partial charge in [0.25, 0.3) is 0 Å². The number of ether oxygens (including phenoxy) is 1. The van der Waals surface area contributed by atoms with Crippen molar-refractivity contribution in [2.75, 3.05) is 13.7 Å². The van der Waals surface area contributed by atoms with Gasteiger partial charge < -0.3 is 9.64 Å². The van der Waals surface area contributed by atoms with Gasteiger partial charge in [-0.05, 0) is 43.0 Å². The number of carbonyl (C=O) groups excluding carboxylic acids is 1. The normalized spacial score (nSPS) is 18.3. The first-order valence-electron chi connectivity index (χ1n) is 7.91. The molecule has 2 heterocycles. The zero-order valence-electron chi connectivity index (χ0n) is 13.0. The summed E-state index contributed by atoms with van der Waals surface area (Å²) >= 11 is 0. The van der Waals surface area contributed by atoms with Crippen LogP contribution in [0.1, 0.15) is 31.2 Å². The van der Waals surface area contributed by atoms with Crippen LogP contribution in [-0.4, -0.2) is 35.5 Å². The molecule has 22 heavy (non-hydrogen) atoms. The lowest BCUT2D eigenvalue weighted by atomic mass is 10.1. The Morgan fingerprint density at radius 2 is 2.27 bits per heavy atom. The second-order valence-electron chi connectivity index (χ2n) is 5.97. The average Bonchev–Trinajstić information content (AvgIpc) is 2.55. The third-order valence-electron chi connectivity index (χ3n) is 4.19. The number of pyridine rings is 1. The van der Waals surface area contributed by atoms with Crippen molar-refractivity contribution in [3.63, 3.8) is 0 Å². The molecule has 2 aromatic rings. The lowest BCUT2D eigenvalue weighted by molar-refractivity contribution is -0.134. The van der Waals surface area contributed by atoms with E-state index in [1.807, 2.05) is 31.3 Å². The number of amides is 1. The number of carbonyl (C=O) groups is 1. The van der Waals surface area contributed by atoms with Crippen LogP contribution in [0.5, 0.6) is 0 Å². The lowest BCUT2D eigenvalue weighted by Gasteiger charge is -2.25. The second kappa shape index (κ2) is 6.88. The van der Waals surface area contributed by atoms with Gasteiger partial charge in [-0.3, -0.25) is 9.78 Å². The van der Waals surface area contributed by atoms with Gasteiger partial charge in [-0.25, -0.2) is 0 Å². The minimum atomic E-state index is 0.101. The third kappa shape index (κ3) is 3.63. The number of rotatable bonds is 4. The van der Waals surface area contributed by atoms with Crippen LogP contribution in [0.2, 0.25) is 0 Å². The summed E-state index contributed by atoms with van der Waals surface area (Å²) in [7, 11) is 1.86. The molecule has 4 nitrogen and oxygen atoms in total. The van der Waals surface area contributed by atoms with E-state index in [9.17, 15) is 4.79 Å². The first-order valence-corrected chi connectivity index (χ1v) is 7.91. The Kier molecular flexibility index (Phi) is 4.68. The molecule has 0 saturated carbocycles. The van der Waals surface area contributed by atoms with Gasteiger partial charge in [-0.1, -0.05) is 12.1 Å². The molecule has 1 aromatic heterocycles. The van der Waals surface area contributed by atoms with Crippen LogP contribution in [0.15, 0.2) is 36.5 Å². The van der Waals surface area contributed by atoms with Crippen LogP contribution >= 0.6 is 0 Å². The predicted octanol–water partition coefficient (Wildman–Crippen LogP) is 3.15. The van der Waals surface area contributed by atoms with Crippen LogP contribution in [0.4, 0.5) is 0 Å². The van der Waals surface area contributed by atoms with Crippen molar-refractivity contribution >= 4 is 16.8 Å². The fourth-order valence-electron chi connectivity index (χ4n) is 2.90. The van der Waals surface area contributed by atoms with Gasteiger partial charge in [0, 0.05) is 31.8 Å². The Bertz CT molecular complexity index is 650. The number of benzene rings is 1. The van der Waals surface area contributed by atoms with Crippen molar-refractivity contribution in [3.05, 3.63) is 42.1 Å². The fraction of sp³-hybridized carbons (Fsp3) is 0.444. The number of hydrogen-bond donors (Lipinski definition) is 0. The molecule has 0 spiro atoms. The minimum Gasteiger partial charge on any atom is -0.378 e. The molecule has 1 saturated heterocycles. The molecule has 4 heteroatoms. The van der Waals surface area contributed by atoms with E-state index >= 15 is 0 Å². The predicted molar refractivity (Wildman–Crippen MR) is 86.4 cm³/mol. The molecule has 1 aliphatic rings. The second-order valence-corrected chi connectivity index (χ2v) is 5.97. The summed E-state index contributed by atoms with van der Waals surface area (Å²) in [6.45, 7) is 1.41. The number of aromatic nitrogens is 1. The van der Waals surface area contributed by atoms with Crippen LogP contribution in [0.3, 0.4) is 0 Å². The molecule has 116 valence electrons. The summed E-state index contributed by atoms with van der Waals surface area (Å²) in [6.07, 6.45) is 5.67. The molecule has 1 atom stereocenters. The summed E-state index contributed by atoms with van der Waals surface area (Å²) in [5, 5.41) is 1.11. The van der Waals surface area contributed by atoms with E-state index in [1.165, 1.54) is 6.42 Å². The van der Waals surface area contributed by atoms with E-state index in [0.29, 0.717) is 13.0 Å².